The molecule has 144 valence electrons. The van der Waals surface area contributed by atoms with E-state index < -0.39 is 0 Å². The van der Waals surface area contributed by atoms with E-state index in [4.69, 9.17) is 10.5 Å². The van der Waals surface area contributed by atoms with Gasteiger partial charge in [-0.25, -0.2) is 0 Å². The molecule has 0 amide bonds. The molecule has 7 nitrogen and oxygen atoms in total. The van der Waals surface area contributed by atoms with Gasteiger partial charge in [0.15, 0.2) is 6.23 Å². The number of anilines is 2. The first-order valence-corrected chi connectivity index (χ1v) is 9.28. The zero-order valence-electron chi connectivity index (χ0n) is 15.5. The first kappa shape index (κ1) is 18.1. The fraction of sp³-hybridized carbons (Fsp3) is 0.238. The fourth-order valence-corrected chi connectivity index (χ4v) is 3.64. The van der Waals surface area contributed by atoms with Crippen molar-refractivity contribution in [1.82, 2.24) is 15.1 Å². The molecule has 4 rings (SSSR count). The lowest BCUT2D eigenvalue weighted by molar-refractivity contribution is -0.144. The van der Waals surface area contributed by atoms with Crippen molar-refractivity contribution in [2.45, 2.75) is 6.23 Å². The predicted octanol–water partition coefficient (Wildman–Crippen LogP) is 2.65. The third-order valence-electron chi connectivity index (χ3n) is 5.13. The second-order valence-electron chi connectivity index (χ2n) is 6.76. The van der Waals surface area contributed by atoms with Crippen molar-refractivity contribution < 1.29 is 9.53 Å². The van der Waals surface area contributed by atoms with Crippen LogP contribution in [0.3, 0.4) is 0 Å². The van der Waals surface area contributed by atoms with Gasteiger partial charge in [0, 0.05) is 43.0 Å². The third-order valence-corrected chi connectivity index (χ3v) is 5.13. The van der Waals surface area contributed by atoms with Crippen LogP contribution < -0.4 is 10.6 Å². The largest absolute Gasteiger partial charge is 0.444 e. The number of carbonyl (C=O) groups excluding carboxylic acids is 1. The third kappa shape index (κ3) is 3.70. The maximum Gasteiger partial charge on any atom is 0.294 e. The molecule has 1 aliphatic rings. The Kier molecular flexibility index (Phi) is 5.25. The van der Waals surface area contributed by atoms with E-state index in [-0.39, 0.29) is 6.23 Å². The van der Waals surface area contributed by atoms with E-state index in [1.165, 1.54) is 0 Å². The molecule has 1 aromatic heterocycles. The maximum atomic E-state index is 11.0. The Labute approximate surface area is 163 Å². The zero-order chi connectivity index (χ0) is 19.3. The monoisotopic (exact) mass is 377 g/mol. The SMILES string of the molecule is Nc1[nH]ncc1-c1ccc(N2CCN(C(OC=O)c3ccccc3)CC2)cc1. The molecule has 0 bridgehead atoms. The van der Waals surface area contributed by atoms with Crippen molar-refractivity contribution in [2.24, 2.45) is 0 Å². The van der Waals surface area contributed by atoms with Crippen LogP contribution in [0.25, 0.3) is 11.1 Å². The van der Waals surface area contributed by atoms with E-state index in [1.54, 1.807) is 6.20 Å². The van der Waals surface area contributed by atoms with Gasteiger partial charge in [0.1, 0.15) is 5.82 Å². The number of benzene rings is 2. The van der Waals surface area contributed by atoms with Gasteiger partial charge in [0.05, 0.1) is 6.20 Å². The standard InChI is InChI=1S/C21H23N5O2/c22-20-19(14-23-24-20)16-6-8-18(9-7-16)25-10-12-26(13-11-25)21(28-15-27)17-4-2-1-3-5-17/h1-9,14-15,21H,10-13H2,(H3,22,23,24). The summed E-state index contributed by atoms with van der Waals surface area (Å²) >= 11 is 0. The Morgan fingerprint density at radius 1 is 1.04 bits per heavy atom. The highest BCUT2D eigenvalue weighted by molar-refractivity contribution is 5.74. The number of aromatic nitrogens is 2. The lowest BCUT2D eigenvalue weighted by atomic mass is 10.1. The normalized spacial score (nSPS) is 15.9. The number of nitrogens with one attached hydrogen (secondary N) is 1. The number of nitrogens with two attached hydrogens (primary N) is 1. The quantitative estimate of drug-likeness (QED) is 0.642. The van der Waals surface area contributed by atoms with Crippen LogP contribution >= 0.6 is 0 Å². The predicted molar refractivity (Wildman–Crippen MR) is 109 cm³/mol. The van der Waals surface area contributed by atoms with Crippen LogP contribution in [0, 0.1) is 0 Å². The van der Waals surface area contributed by atoms with E-state index in [1.807, 2.05) is 30.3 Å². The number of ether oxygens (including phenoxy) is 1. The van der Waals surface area contributed by atoms with E-state index in [0.717, 1.165) is 48.6 Å². The summed E-state index contributed by atoms with van der Waals surface area (Å²) in [5, 5.41) is 6.73. The summed E-state index contributed by atoms with van der Waals surface area (Å²) in [6.45, 7) is 3.87. The molecule has 2 heterocycles. The fourth-order valence-electron chi connectivity index (χ4n) is 3.64. The van der Waals surface area contributed by atoms with Gasteiger partial charge in [-0.15, -0.1) is 0 Å². The van der Waals surface area contributed by atoms with Crippen molar-refractivity contribution in [1.29, 1.82) is 0 Å². The zero-order valence-corrected chi connectivity index (χ0v) is 15.5. The number of nitrogens with zero attached hydrogens (tertiary/aromatic N) is 3. The Morgan fingerprint density at radius 2 is 1.75 bits per heavy atom. The number of piperazine rings is 1. The molecule has 0 radical (unpaired) electrons. The summed E-state index contributed by atoms with van der Waals surface area (Å²) in [4.78, 5) is 15.5. The summed E-state index contributed by atoms with van der Waals surface area (Å²) in [5.41, 5.74) is 10.0. The van der Waals surface area contributed by atoms with Crippen LogP contribution in [0.2, 0.25) is 0 Å². The molecule has 28 heavy (non-hydrogen) atoms. The van der Waals surface area contributed by atoms with Crippen molar-refractivity contribution in [3.8, 4) is 11.1 Å². The Balaban J connectivity index is 1.42. The molecule has 3 aromatic rings. The minimum absolute atomic E-state index is 0.340. The number of aromatic amines is 1. The molecular weight excluding hydrogens is 354 g/mol. The molecule has 7 heteroatoms. The second-order valence-corrected chi connectivity index (χ2v) is 6.76. The minimum Gasteiger partial charge on any atom is -0.444 e. The number of rotatable bonds is 6. The van der Waals surface area contributed by atoms with Gasteiger partial charge < -0.3 is 15.4 Å². The van der Waals surface area contributed by atoms with Crippen LogP contribution in [0.15, 0.2) is 60.8 Å². The second kappa shape index (κ2) is 8.14. The van der Waals surface area contributed by atoms with E-state index in [2.05, 4.69) is 44.3 Å². The van der Waals surface area contributed by atoms with Crippen LogP contribution in [-0.4, -0.2) is 47.7 Å². The van der Waals surface area contributed by atoms with Crippen LogP contribution in [0.4, 0.5) is 11.5 Å². The van der Waals surface area contributed by atoms with Crippen molar-refractivity contribution in [3.63, 3.8) is 0 Å². The van der Waals surface area contributed by atoms with Crippen molar-refractivity contribution in [3.05, 3.63) is 66.4 Å². The molecule has 3 N–H and O–H groups in total. The van der Waals surface area contributed by atoms with Crippen LogP contribution in [0.1, 0.15) is 11.8 Å². The lowest BCUT2D eigenvalue weighted by Crippen LogP contribution is -2.48. The number of hydrogen-bond donors (Lipinski definition) is 2. The Morgan fingerprint density at radius 3 is 2.36 bits per heavy atom. The van der Waals surface area contributed by atoms with E-state index in [0.29, 0.717) is 12.3 Å². The van der Waals surface area contributed by atoms with Gasteiger partial charge in [0.25, 0.3) is 6.47 Å². The average Bonchev–Trinajstić information content (AvgIpc) is 3.19. The molecular formula is C21H23N5O2. The molecule has 0 aliphatic carbocycles. The molecule has 1 saturated heterocycles. The van der Waals surface area contributed by atoms with Gasteiger partial charge in [-0.05, 0) is 17.7 Å². The first-order valence-electron chi connectivity index (χ1n) is 9.28. The number of carbonyl (C=O) groups is 1. The van der Waals surface area contributed by atoms with Crippen molar-refractivity contribution >= 4 is 18.0 Å². The molecule has 2 aromatic carbocycles. The smallest absolute Gasteiger partial charge is 0.294 e. The van der Waals surface area contributed by atoms with Crippen LogP contribution in [-0.2, 0) is 9.53 Å². The van der Waals surface area contributed by atoms with Gasteiger partial charge in [-0.1, -0.05) is 42.5 Å². The highest BCUT2D eigenvalue weighted by atomic mass is 16.5. The summed E-state index contributed by atoms with van der Waals surface area (Å²) < 4.78 is 5.38. The lowest BCUT2D eigenvalue weighted by Gasteiger charge is -2.39. The van der Waals surface area contributed by atoms with Gasteiger partial charge in [-0.3, -0.25) is 14.8 Å². The summed E-state index contributed by atoms with van der Waals surface area (Å²) in [6.07, 6.45) is 1.40. The molecule has 1 aliphatic heterocycles. The highest BCUT2D eigenvalue weighted by Crippen LogP contribution is 2.28. The highest BCUT2D eigenvalue weighted by Gasteiger charge is 2.26. The maximum absolute atomic E-state index is 11.0. The van der Waals surface area contributed by atoms with Gasteiger partial charge >= 0.3 is 0 Å². The number of hydrogen-bond acceptors (Lipinski definition) is 6. The van der Waals surface area contributed by atoms with Crippen molar-refractivity contribution in [2.75, 3.05) is 36.8 Å². The molecule has 0 saturated carbocycles. The van der Waals surface area contributed by atoms with E-state index in [9.17, 15) is 4.79 Å². The summed E-state index contributed by atoms with van der Waals surface area (Å²) in [5.74, 6) is 0.573. The van der Waals surface area contributed by atoms with E-state index >= 15 is 0 Å². The van der Waals surface area contributed by atoms with Gasteiger partial charge in [0.2, 0.25) is 0 Å². The Bertz CT molecular complexity index is 902. The average molecular weight is 377 g/mol. The first-order chi connectivity index (χ1) is 13.8. The van der Waals surface area contributed by atoms with Gasteiger partial charge in [-0.2, -0.15) is 5.10 Å². The molecule has 1 atom stereocenters. The molecule has 0 spiro atoms. The minimum atomic E-state index is -0.340. The summed E-state index contributed by atoms with van der Waals surface area (Å²) in [6, 6.07) is 18.2. The number of nitrogen functional groups attached to an aromatic ring is 1. The number of H-pyrrole nitrogens is 1. The molecule has 1 unspecified atom stereocenters. The summed E-state index contributed by atoms with van der Waals surface area (Å²) in [7, 11) is 0. The Hall–Kier alpha value is -3.32. The topological polar surface area (TPSA) is 87.5 Å². The van der Waals surface area contributed by atoms with Crippen LogP contribution in [0.5, 0.6) is 0 Å². The molecule has 1 fully saturated rings.